The van der Waals surface area contributed by atoms with Crippen LogP contribution in [0.5, 0.6) is 0 Å². The van der Waals surface area contributed by atoms with E-state index in [2.05, 4.69) is 4.72 Å². The van der Waals surface area contributed by atoms with E-state index < -0.39 is 10.0 Å². The fourth-order valence-electron chi connectivity index (χ4n) is 2.83. The van der Waals surface area contributed by atoms with Gasteiger partial charge in [-0.05, 0) is 38.7 Å². The molecule has 1 fully saturated rings. The highest BCUT2D eigenvalue weighted by Crippen LogP contribution is 2.28. The molecule has 0 spiro atoms. The molecule has 1 saturated carbocycles. The first-order chi connectivity index (χ1) is 8.94. The van der Waals surface area contributed by atoms with Gasteiger partial charge >= 0.3 is 0 Å². The van der Waals surface area contributed by atoms with E-state index in [0.29, 0.717) is 24.0 Å². The summed E-state index contributed by atoms with van der Waals surface area (Å²) in [5.74, 6) is 1.38. The van der Waals surface area contributed by atoms with Gasteiger partial charge in [-0.25, -0.2) is 13.1 Å². The van der Waals surface area contributed by atoms with Crippen LogP contribution in [-0.4, -0.2) is 21.0 Å². The molecular weight excluding hydrogens is 264 g/mol. The summed E-state index contributed by atoms with van der Waals surface area (Å²) in [4.78, 5) is 0.224. The molecule has 0 radical (unpaired) electrons. The summed E-state index contributed by atoms with van der Waals surface area (Å²) in [5.41, 5.74) is 5.73. The van der Waals surface area contributed by atoms with Gasteiger partial charge in [0.2, 0.25) is 10.0 Å². The quantitative estimate of drug-likeness (QED) is 0.862. The number of furan rings is 1. The van der Waals surface area contributed by atoms with Crippen LogP contribution in [0.4, 0.5) is 0 Å². The third-order valence-electron chi connectivity index (χ3n) is 3.81. The van der Waals surface area contributed by atoms with Gasteiger partial charge in [-0.1, -0.05) is 12.8 Å². The molecular formula is C13H22N2O3S. The van der Waals surface area contributed by atoms with Crippen LogP contribution in [0, 0.1) is 19.8 Å². The Morgan fingerprint density at radius 3 is 2.53 bits per heavy atom. The zero-order valence-corrected chi connectivity index (χ0v) is 12.3. The van der Waals surface area contributed by atoms with E-state index in [9.17, 15) is 8.42 Å². The molecule has 3 N–H and O–H groups in total. The van der Waals surface area contributed by atoms with Crippen molar-refractivity contribution in [2.24, 2.45) is 11.7 Å². The highest BCUT2D eigenvalue weighted by molar-refractivity contribution is 7.89. The van der Waals surface area contributed by atoms with E-state index in [1.165, 1.54) is 0 Å². The van der Waals surface area contributed by atoms with Crippen molar-refractivity contribution < 1.29 is 12.8 Å². The van der Waals surface area contributed by atoms with Crippen molar-refractivity contribution in [1.82, 2.24) is 4.72 Å². The van der Waals surface area contributed by atoms with Crippen LogP contribution in [0.1, 0.15) is 37.2 Å². The van der Waals surface area contributed by atoms with E-state index in [0.717, 1.165) is 25.7 Å². The number of hydrogen-bond donors (Lipinski definition) is 2. The first-order valence-electron chi connectivity index (χ1n) is 6.73. The number of hydrogen-bond acceptors (Lipinski definition) is 4. The minimum atomic E-state index is -3.54. The standard InChI is InChI=1S/C13H22N2O3S/c1-9-7-13(10(2)18-9)19(16,17)15-12(8-14)11-5-3-4-6-11/h7,11-12,15H,3-6,8,14H2,1-2H3. The monoisotopic (exact) mass is 286 g/mol. The molecule has 1 aliphatic rings. The van der Waals surface area contributed by atoms with Crippen molar-refractivity contribution in [2.75, 3.05) is 6.54 Å². The maximum atomic E-state index is 12.4. The zero-order valence-electron chi connectivity index (χ0n) is 11.5. The lowest BCUT2D eigenvalue weighted by atomic mass is 9.99. The predicted octanol–water partition coefficient (Wildman–Crippen LogP) is 1.69. The van der Waals surface area contributed by atoms with Gasteiger partial charge < -0.3 is 10.2 Å². The molecule has 0 aliphatic heterocycles. The molecule has 2 rings (SSSR count). The van der Waals surface area contributed by atoms with Gasteiger partial charge in [0.15, 0.2) is 0 Å². The maximum Gasteiger partial charge on any atom is 0.244 e. The predicted molar refractivity (Wildman–Crippen MR) is 73.3 cm³/mol. The van der Waals surface area contributed by atoms with E-state index in [4.69, 9.17) is 10.2 Å². The van der Waals surface area contributed by atoms with Crippen molar-refractivity contribution >= 4 is 10.0 Å². The largest absolute Gasteiger partial charge is 0.465 e. The lowest BCUT2D eigenvalue weighted by Crippen LogP contribution is -2.44. The Hall–Kier alpha value is -0.850. The summed E-state index contributed by atoms with van der Waals surface area (Å²) in [5, 5.41) is 0. The highest BCUT2D eigenvalue weighted by Gasteiger charge is 2.30. The summed E-state index contributed by atoms with van der Waals surface area (Å²) in [6.07, 6.45) is 4.42. The second kappa shape index (κ2) is 5.64. The first kappa shape index (κ1) is 14.6. The van der Waals surface area contributed by atoms with Crippen LogP contribution in [0.2, 0.25) is 0 Å². The van der Waals surface area contributed by atoms with Crippen molar-refractivity contribution in [1.29, 1.82) is 0 Å². The van der Waals surface area contributed by atoms with Crippen molar-refractivity contribution in [3.8, 4) is 0 Å². The minimum absolute atomic E-state index is 0.179. The van der Waals surface area contributed by atoms with Crippen LogP contribution >= 0.6 is 0 Å². The van der Waals surface area contributed by atoms with Crippen molar-refractivity contribution in [3.05, 3.63) is 17.6 Å². The summed E-state index contributed by atoms with van der Waals surface area (Å²) in [6, 6.07) is 1.38. The van der Waals surface area contributed by atoms with Gasteiger partial charge in [0.05, 0.1) is 0 Å². The number of sulfonamides is 1. The molecule has 0 amide bonds. The molecule has 1 aromatic rings. The number of aryl methyl sites for hydroxylation is 2. The minimum Gasteiger partial charge on any atom is -0.465 e. The molecule has 108 valence electrons. The zero-order chi connectivity index (χ0) is 14.0. The van der Waals surface area contributed by atoms with Crippen LogP contribution in [0.3, 0.4) is 0 Å². The Morgan fingerprint density at radius 2 is 2.05 bits per heavy atom. The van der Waals surface area contributed by atoms with Crippen LogP contribution in [0.25, 0.3) is 0 Å². The number of nitrogens with one attached hydrogen (secondary N) is 1. The van der Waals surface area contributed by atoms with Crippen LogP contribution in [-0.2, 0) is 10.0 Å². The second-order valence-corrected chi connectivity index (χ2v) is 6.97. The molecule has 0 saturated heterocycles. The highest BCUT2D eigenvalue weighted by atomic mass is 32.2. The second-order valence-electron chi connectivity index (χ2n) is 5.29. The summed E-state index contributed by atoms with van der Waals surface area (Å²) < 4.78 is 32.8. The molecule has 19 heavy (non-hydrogen) atoms. The van der Waals surface area contributed by atoms with Crippen molar-refractivity contribution in [2.45, 2.75) is 50.5 Å². The third kappa shape index (κ3) is 3.19. The Labute approximate surface area is 114 Å². The van der Waals surface area contributed by atoms with Crippen LogP contribution in [0.15, 0.2) is 15.4 Å². The van der Waals surface area contributed by atoms with Gasteiger partial charge in [-0.3, -0.25) is 0 Å². The molecule has 1 aliphatic carbocycles. The van der Waals surface area contributed by atoms with Crippen LogP contribution < -0.4 is 10.5 Å². The van der Waals surface area contributed by atoms with Gasteiger partial charge in [-0.2, -0.15) is 0 Å². The average molecular weight is 286 g/mol. The summed E-state index contributed by atoms with van der Waals surface area (Å²) in [6.45, 7) is 3.73. The third-order valence-corrected chi connectivity index (χ3v) is 5.41. The molecule has 5 nitrogen and oxygen atoms in total. The SMILES string of the molecule is Cc1cc(S(=O)(=O)NC(CN)C2CCCC2)c(C)o1. The Morgan fingerprint density at radius 1 is 1.42 bits per heavy atom. The van der Waals surface area contributed by atoms with Crippen molar-refractivity contribution in [3.63, 3.8) is 0 Å². The Kier molecular flexibility index (Phi) is 4.32. The Balaban J connectivity index is 2.17. The normalized spacial score (nSPS) is 18.9. The van der Waals surface area contributed by atoms with E-state index in [1.54, 1.807) is 19.9 Å². The lowest BCUT2D eigenvalue weighted by Gasteiger charge is -2.22. The van der Waals surface area contributed by atoms with Gasteiger partial charge in [0.1, 0.15) is 16.4 Å². The van der Waals surface area contributed by atoms with E-state index in [-0.39, 0.29) is 10.9 Å². The smallest absolute Gasteiger partial charge is 0.244 e. The molecule has 0 bridgehead atoms. The molecule has 0 aromatic carbocycles. The van der Waals surface area contributed by atoms with Gasteiger partial charge in [-0.15, -0.1) is 0 Å². The molecule has 6 heteroatoms. The molecule has 1 heterocycles. The molecule has 1 aromatic heterocycles. The number of nitrogens with two attached hydrogens (primary N) is 1. The maximum absolute atomic E-state index is 12.4. The molecule has 1 unspecified atom stereocenters. The lowest BCUT2D eigenvalue weighted by molar-refractivity contribution is 0.405. The van der Waals surface area contributed by atoms with Gasteiger partial charge in [0, 0.05) is 12.6 Å². The first-order valence-corrected chi connectivity index (χ1v) is 8.22. The molecule has 1 atom stereocenters. The Bertz CT molecular complexity index is 530. The average Bonchev–Trinajstić information content (AvgIpc) is 2.96. The summed E-state index contributed by atoms with van der Waals surface area (Å²) >= 11 is 0. The van der Waals surface area contributed by atoms with E-state index >= 15 is 0 Å². The summed E-state index contributed by atoms with van der Waals surface area (Å²) in [7, 11) is -3.54. The fraction of sp³-hybridized carbons (Fsp3) is 0.692. The van der Waals surface area contributed by atoms with E-state index in [1.807, 2.05) is 0 Å². The number of rotatable bonds is 5. The van der Waals surface area contributed by atoms with Gasteiger partial charge in [0.25, 0.3) is 0 Å². The topological polar surface area (TPSA) is 85.3 Å². The fourth-order valence-corrected chi connectivity index (χ4v) is 4.39.